The van der Waals surface area contributed by atoms with Crippen molar-refractivity contribution >= 4 is 15.9 Å². The molecular weight excluding hydrogens is 316 g/mol. The number of morpholine rings is 1. The summed E-state index contributed by atoms with van der Waals surface area (Å²) < 4.78 is 6.65. The van der Waals surface area contributed by atoms with Crippen molar-refractivity contribution in [3.63, 3.8) is 0 Å². The van der Waals surface area contributed by atoms with E-state index in [9.17, 15) is 0 Å². The number of nitrogens with one attached hydrogen (secondary N) is 1. The first-order valence-electron chi connectivity index (χ1n) is 7.65. The Balaban J connectivity index is 1.43. The molecule has 2 aliphatic rings. The molecule has 1 unspecified atom stereocenters. The first-order valence-corrected chi connectivity index (χ1v) is 8.44. The summed E-state index contributed by atoms with van der Waals surface area (Å²) in [5.41, 5.74) is 2.99. The Bertz CT molecular complexity index is 446. The Morgan fingerprint density at radius 2 is 2.15 bits per heavy atom. The number of nitrogens with zero attached hydrogens (tertiary/aromatic N) is 1. The SMILES string of the molecule is Brc1cccc2c1CCC2NCCCN1CCOCC1. The van der Waals surface area contributed by atoms with E-state index < -0.39 is 0 Å². The third kappa shape index (κ3) is 3.42. The molecule has 0 spiro atoms. The number of rotatable bonds is 5. The van der Waals surface area contributed by atoms with Crippen molar-refractivity contribution in [1.82, 2.24) is 10.2 Å². The van der Waals surface area contributed by atoms with Crippen molar-refractivity contribution in [3.8, 4) is 0 Å². The zero-order valence-electron chi connectivity index (χ0n) is 11.9. The van der Waals surface area contributed by atoms with Crippen molar-refractivity contribution in [3.05, 3.63) is 33.8 Å². The molecule has 1 fully saturated rings. The van der Waals surface area contributed by atoms with Gasteiger partial charge in [0.25, 0.3) is 0 Å². The summed E-state index contributed by atoms with van der Waals surface area (Å²) >= 11 is 3.66. The molecule has 1 aromatic rings. The van der Waals surface area contributed by atoms with Gasteiger partial charge in [-0.15, -0.1) is 0 Å². The number of benzene rings is 1. The highest BCUT2D eigenvalue weighted by molar-refractivity contribution is 9.10. The average molecular weight is 339 g/mol. The molecule has 0 amide bonds. The number of fused-ring (bicyclic) bond motifs is 1. The van der Waals surface area contributed by atoms with Crippen LogP contribution in [0.4, 0.5) is 0 Å². The minimum absolute atomic E-state index is 0.548. The molecule has 1 saturated heterocycles. The van der Waals surface area contributed by atoms with Crippen LogP contribution in [0.5, 0.6) is 0 Å². The van der Waals surface area contributed by atoms with E-state index in [1.165, 1.54) is 41.4 Å². The maximum atomic E-state index is 5.38. The largest absolute Gasteiger partial charge is 0.379 e. The van der Waals surface area contributed by atoms with Gasteiger partial charge in [-0.2, -0.15) is 0 Å². The van der Waals surface area contributed by atoms with E-state index in [0.29, 0.717) is 6.04 Å². The Morgan fingerprint density at radius 3 is 3.00 bits per heavy atom. The lowest BCUT2D eigenvalue weighted by Gasteiger charge is -2.26. The van der Waals surface area contributed by atoms with Crippen LogP contribution in [0.25, 0.3) is 0 Å². The second kappa shape index (κ2) is 7.03. The lowest BCUT2D eigenvalue weighted by molar-refractivity contribution is 0.0374. The molecule has 1 N–H and O–H groups in total. The highest BCUT2D eigenvalue weighted by Crippen LogP contribution is 2.35. The van der Waals surface area contributed by atoms with Crippen LogP contribution in [-0.2, 0) is 11.2 Å². The molecule has 0 aromatic heterocycles. The molecule has 0 radical (unpaired) electrons. The summed E-state index contributed by atoms with van der Waals surface area (Å²) in [5.74, 6) is 0. The summed E-state index contributed by atoms with van der Waals surface area (Å²) in [6, 6.07) is 7.12. The van der Waals surface area contributed by atoms with Crippen molar-refractivity contribution in [2.45, 2.75) is 25.3 Å². The van der Waals surface area contributed by atoms with Gasteiger partial charge >= 0.3 is 0 Å². The van der Waals surface area contributed by atoms with E-state index in [-0.39, 0.29) is 0 Å². The van der Waals surface area contributed by atoms with Crippen molar-refractivity contribution < 1.29 is 4.74 Å². The molecule has 0 bridgehead atoms. The fraction of sp³-hybridized carbons (Fsp3) is 0.625. The van der Waals surface area contributed by atoms with Gasteiger partial charge in [-0.1, -0.05) is 28.1 Å². The summed E-state index contributed by atoms with van der Waals surface area (Å²) in [6.07, 6.45) is 3.65. The van der Waals surface area contributed by atoms with Gasteiger partial charge in [-0.05, 0) is 49.5 Å². The van der Waals surface area contributed by atoms with E-state index in [1.54, 1.807) is 0 Å². The predicted molar refractivity (Wildman–Crippen MR) is 85.1 cm³/mol. The molecular formula is C16H23BrN2O. The van der Waals surface area contributed by atoms with Crippen LogP contribution in [0.2, 0.25) is 0 Å². The summed E-state index contributed by atoms with van der Waals surface area (Å²) in [6.45, 7) is 6.29. The van der Waals surface area contributed by atoms with Gasteiger partial charge in [0.15, 0.2) is 0 Å². The highest BCUT2D eigenvalue weighted by atomic mass is 79.9. The summed E-state index contributed by atoms with van der Waals surface area (Å²) in [5, 5.41) is 3.73. The minimum atomic E-state index is 0.548. The molecule has 4 heteroatoms. The number of ether oxygens (including phenoxy) is 1. The Morgan fingerprint density at radius 1 is 1.30 bits per heavy atom. The summed E-state index contributed by atoms with van der Waals surface area (Å²) in [4.78, 5) is 2.50. The molecule has 1 aliphatic heterocycles. The molecule has 3 rings (SSSR count). The maximum absolute atomic E-state index is 5.38. The monoisotopic (exact) mass is 338 g/mol. The molecule has 1 aliphatic carbocycles. The van der Waals surface area contributed by atoms with Crippen LogP contribution in [-0.4, -0.2) is 44.3 Å². The fourth-order valence-electron chi connectivity index (χ4n) is 3.23. The zero-order chi connectivity index (χ0) is 13.8. The predicted octanol–water partition coefficient (Wildman–Crippen LogP) is 2.75. The third-order valence-electron chi connectivity index (χ3n) is 4.36. The molecule has 1 heterocycles. The van der Waals surface area contributed by atoms with Gasteiger partial charge in [0.1, 0.15) is 0 Å². The van der Waals surface area contributed by atoms with E-state index in [2.05, 4.69) is 44.3 Å². The van der Waals surface area contributed by atoms with E-state index in [0.717, 1.165) is 32.8 Å². The average Bonchev–Trinajstić information content (AvgIpc) is 2.90. The lowest BCUT2D eigenvalue weighted by atomic mass is 10.1. The molecule has 1 atom stereocenters. The molecule has 20 heavy (non-hydrogen) atoms. The number of hydrogen-bond acceptors (Lipinski definition) is 3. The van der Waals surface area contributed by atoms with Crippen LogP contribution in [0, 0.1) is 0 Å². The smallest absolute Gasteiger partial charge is 0.0594 e. The summed E-state index contributed by atoms with van der Waals surface area (Å²) in [7, 11) is 0. The van der Waals surface area contributed by atoms with Crippen LogP contribution in [0.3, 0.4) is 0 Å². The van der Waals surface area contributed by atoms with Gasteiger partial charge in [0.05, 0.1) is 13.2 Å². The topological polar surface area (TPSA) is 24.5 Å². The first-order chi connectivity index (χ1) is 9.84. The number of halogens is 1. The van der Waals surface area contributed by atoms with Crippen LogP contribution in [0.15, 0.2) is 22.7 Å². The Labute approximate surface area is 129 Å². The van der Waals surface area contributed by atoms with Crippen molar-refractivity contribution in [2.75, 3.05) is 39.4 Å². The van der Waals surface area contributed by atoms with Crippen LogP contribution >= 0.6 is 15.9 Å². The Hall–Kier alpha value is -0.420. The zero-order valence-corrected chi connectivity index (χ0v) is 13.5. The third-order valence-corrected chi connectivity index (χ3v) is 5.10. The lowest BCUT2D eigenvalue weighted by Crippen LogP contribution is -2.37. The molecule has 3 nitrogen and oxygen atoms in total. The van der Waals surface area contributed by atoms with Crippen LogP contribution < -0.4 is 5.32 Å². The second-order valence-electron chi connectivity index (χ2n) is 5.66. The maximum Gasteiger partial charge on any atom is 0.0594 e. The van der Waals surface area contributed by atoms with Crippen molar-refractivity contribution in [2.24, 2.45) is 0 Å². The van der Waals surface area contributed by atoms with E-state index in [1.807, 2.05) is 0 Å². The fourth-order valence-corrected chi connectivity index (χ4v) is 3.81. The van der Waals surface area contributed by atoms with E-state index >= 15 is 0 Å². The molecule has 0 saturated carbocycles. The quantitative estimate of drug-likeness (QED) is 0.835. The minimum Gasteiger partial charge on any atom is -0.379 e. The van der Waals surface area contributed by atoms with Gasteiger partial charge in [-0.3, -0.25) is 4.90 Å². The standard InChI is InChI=1S/C16H23BrN2O/c17-15-4-1-3-14-13(15)5-6-16(14)18-7-2-8-19-9-11-20-12-10-19/h1,3-4,16,18H,2,5-12H2. The van der Waals surface area contributed by atoms with Gasteiger partial charge < -0.3 is 10.1 Å². The van der Waals surface area contributed by atoms with Gasteiger partial charge in [0.2, 0.25) is 0 Å². The highest BCUT2D eigenvalue weighted by Gasteiger charge is 2.23. The first kappa shape index (κ1) is 14.5. The normalized spacial score (nSPS) is 22.9. The number of hydrogen-bond donors (Lipinski definition) is 1. The molecule has 1 aromatic carbocycles. The van der Waals surface area contributed by atoms with Crippen molar-refractivity contribution in [1.29, 1.82) is 0 Å². The van der Waals surface area contributed by atoms with Gasteiger partial charge in [-0.25, -0.2) is 0 Å². The second-order valence-corrected chi connectivity index (χ2v) is 6.51. The van der Waals surface area contributed by atoms with E-state index in [4.69, 9.17) is 4.74 Å². The van der Waals surface area contributed by atoms with Gasteiger partial charge in [0, 0.05) is 23.6 Å². The van der Waals surface area contributed by atoms with Crippen LogP contribution in [0.1, 0.15) is 30.0 Å². The molecule has 110 valence electrons. The Kier molecular flexibility index (Phi) is 5.10.